The predicted molar refractivity (Wildman–Crippen MR) is 187 cm³/mol. The fourth-order valence-corrected chi connectivity index (χ4v) is 11.2. The first-order valence-electron chi connectivity index (χ1n) is 9.61. The van der Waals surface area contributed by atoms with Gasteiger partial charge < -0.3 is 13.3 Å². The molecule has 0 saturated heterocycles. The molecular weight excluding hydrogens is 1210 g/mol. The van der Waals surface area contributed by atoms with E-state index >= 15 is 0 Å². The second kappa shape index (κ2) is 14.6. The van der Waals surface area contributed by atoms with Crippen LogP contribution in [0.15, 0.2) is 76.7 Å². The Bertz CT molecular complexity index is 1130. The molecule has 0 atom stereocenters. The molecule has 0 saturated carbocycles. The Balaban J connectivity index is 2.20. The van der Waals surface area contributed by atoms with Crippen LogP contribution in [0.2, 0.25) is 6.04 Å². The molecule has 3 rings (SSSR count). The van der Waals surface area contributed by atoms with Crippen molar-refractivity contribution in [3.05, 3.63) is 76.7 Å². The highest BCUT2D eigenvalue weighted by atomic mass is 79.9. The van der Waals surface area contributed by atoms with Crippen LogP contribution in [-0.2, 0) is 0 Å². The quantitative estimate of drug-likeness (QED) is 0.121. The molecule has 15 heteroatoms. The zero-order chi connectivity index (χ0) is 26.8. The average molecular weight is 1220 g/mol. The van der Waals surface area contributed by atoms with Crippen molar-refractivity contribution in [3.8, 4) is 17.2 Å². The van der Waals surface area contributed by atoms with E-state index in [2.05, 4.69) is 175 Å². The van der Waals surface area contributed by atoms with Gasteiger partial charge in [-0.25, -0.2) is 0 Å². The second-order valence-electron chi connectivity index (χ2n) is 6.94. The first kappa shape index (κ1) is 33.1. The normalized spacial score (nSPS) is 11.7. The molecule has 0 aliphatic heterocycles. The Morgan fingerprint density at radius 3 is 1.08 bits per heavy atom. The molecule has 0 amide bonds. The summed E-state index contributed by atoms with van der Waals surface area (Å²) < 4.78 is 27.6. The molecule has 0 fully saturated rings. The standard InChI is InChI=1S/C21H11Br11O3Si/c22-9-1-4-12(19(30)16(9)27)33-36(8-7-15(25)26,34-13-5-2-10(23)17(28)20(13)31)35-14-6-3-11(24)18(29)21(14)32/h1-6,15H,7-8H2. The molecule has 0 bridgehead atoms. The van der Waals surface area contributed by atoms with Gasteiger partial charge in [-0.05, 0) is 186 Å². The van der Waals surface area contributed by atoms with Gasteiger partial charge in [-0.1, -0.05) is 31.9 Å². The van der Waals surface area contributed by atoms with Crippen LogP contribution >= 0.6 is 175 Å². The third kappa shape index (κ3) is 8.31. The summed E-state index contributed by atoms with van der Waals surface area (Å²) in [5.41, 5.74) is 0. The van der Waals surface area contributed by atoms with Crippen molar-refractivity contribution in [2.75, 3.05) is 0 Å². The second-order valence-corrected chi connectivity index (χ2v) is 20.2. The van der Waals surface area contributed by atoms with E-state index in [1.807, 2.05) is 36.4 Å². The molecule has 0 aliphatic rings. The number of hydrogen-bond acceptors (Lipinski definition) is 3. The van der Waals surface area contributed by atoms with Crippen molar-refractivity contribution in [2.24, 2.45) is 0 Å². The van der Waals surface area contributed by atoms with Gasteiger partial charge in [0, 0.05) is 26.8 Å². The molecule has 194 valence electrons. The summed E-state index contributed by atoms with van der Waals surface area (Å²) in [5, 5.41) is 0. The summed E-state index contributed by atoms with van der Waals surface area (Å²) in [6.07, 6.45) is 0.673. The number of hydrogen-bond donors (Lipinski definition) is 0. The molecule has 0 heterocycles. The van der Waals surface area contributed by atoms with Crippen molar-refractivity contribution in [1.82, 2.24) is 0 Å². The van der Waals surface area contributed by atoms with Crippen LogP contribution in [0, 0.1) is 0 Å². The monoisotopic (exact) mass is 1210 g/mol. The van der Waals surface area contributed by atoms with Crippen LogP contribution in [0.4, 0.5) is 0 Å². The first-order valence-corrected chi connectivity index (χ1v) is 20.5. The highest BCUT2D eigenvalue weighted by Crippen LogP contribution is 2.44. The molecule has 36 heavy (non-hydrogen) atoms. The molecule has 3 aromatic carbocycles. The molecule has 3 nitrogen and oxygen atoms in total. The van der Waals surface area contributed by atoms with Gasteiger partial charge in [0.15, 0.2) is 0 Å². The Morgan fingerprint density at radius 2 is 0.806 bits per heavy atom. The van der Waals surface area contributed by atoms with Crippen molar-refractivity contribution >= 4 is 184 Å². The van der Waals surface area contributed by atoms with Gasteiger partial charge in [-0.3, -0.25) is 0 Å². The van der Waals surface area contributed by atoms with Gasteiger partial charge in [0.2, 0.25) is 0 Å². The van der Waals surface area contributed by atoms with Gasteiger partial charge >= 0.3 is 8.80 Å². The van der Waals surface area contributed by atoms with Crippen LogP contribution in [0.25, 0.3) is 0 Å². The lowest BCUT2D eigenvalue weighted by Gasteiger charge is -2.32. The maximum absolute atomic E-state index is 6.74. The lowest BCUT2D eigenvalue weighted by Crippen LogP contribution is -2.55. The van der Waals surface area contributed by atoms with E-state index in [9.17, 15) is 0 Å². The SMILES string of the molecule is Brc1ccc(O[Si](CCC(Br)Br)(Oc2ccc(Br)c(Br)c2Br)Oc2ccc(Br)c(Br)c2Br)c(Br)c1Br. The van der Waals surface area contributed by atoms with Gasteiger partial charge in [0.25, 0.3) is 0 Å². The Hall–Kier alpha value is 2.56. The Kier molecular flexibility index (Phi) is 13.4. The molecular formula is C21H11Br11O3Si. The lowest BCUT2D eigenvalue weighted by molar-refractivity contribution is 0.257. The summed E-state index contributed by atoms with van der Waals surface area (Å²) >= 11 is 39.5. The topological polar surface area (TPSA) is 27.7 Å². The maximum Gasteiger partial charge on any atom is 0.699 e. The van der Waals surface area contributed by atoms with E-state index in [-0.39, 0.29) is 3.74 Å². The van der Waals surface area contributed by atoms with E-state index in [1.165, 1.54) is 0 Å². The summed E-state index contributed by atoms with van der Waals surface area (Å²) in [6, 6.07) is 11.8. The highest BCUT2D eigenvalue weighted by molar-refractivity contribution is 9.24. The van der Waals surface area contributed by atoms with Crippen LogP contribution in [-0.4, -0.2) is 12.5 Å². The third-order valence-electron chi connectivity index (χ3n) is 4.46. The minimum atomic E-state index is -3.55. The molecule has 0 unspecified atom stereocenters. The van der Waals surface area contributed by atoms with Crippen LogP contribution in [0.1, 0.15) is 6.42 Å². The number of alkyl halides is 2. The third-order valence-corrected chi connectivity index (χ3v) is 17.9. The zero-order valence-electron chi connectivity index (χ0n) is 17.3. The molecule has 0 aromatic heterocycles. The first-order chi connectivity index (χ1) is 16.8. The van der Waals surface area contributed by atoms with Crippen molar-refractivity contribution in [1.29, 1.82) is 0 Å². The molecule has 0 spiro atoms. The molecule has 0 radical (unpaired) electrons. The number of halogens is 11. The van der Waals surface area contributed by atoms with E-state index in [0.29, 0.717) is 29.7 Å². The predicted octanol–water partition coefficient (Wildman–Crippen LogP) is 13.5. The zero-order valence-corrected chi connectivity index (χ0v) is 35.8. The van der Waals surface area contributed by atoms with Crippen LogP contribution in [0.5, 0.6) is 17.2 Å². The number of rotatable bonds is 9. The fourth-order valence-electron chi connectivity index (χ4n) is 2.77. The molecule has 0 N–H and O–H groups in total. The van der Waals surface area contributed by atoms with Crippen molar-refractivity contribution in [3.63, 3.8) is 0 Å². The van der Waals surface area contributed by atoms with Crippen LogP contribution in [0.3, 0.4) is 0 Å². The van der Waals surface area contributed by atoms with E-state index in [0.717, 1.165) is 40.3 Å². The van der Waals surface area contributed by atoms with Gasteiger partial charge in [-0.15, -0.1) is 0 Å². The summed E-state index contributed by atoms with van der Waals surface area (Å²) in [6.45, 7) is 0. The largest absolute Gasteiger partial charge is 0.699 e. The van der Waals surface area contributed by atoms with Crippen LogP contribution < -0.4 is 13.3 Å². The fraction of sp³-hybridized carbons (Fsp3) is 0.143. The van der Waals surface area contributed by atoms with Crippen molar-refractivity contribution in [2.45, 2.75) is 16.2 Å². The summed E-state index contributed by atoms with van der Waals surface area (Å²) in [7, 11) is -3.55. The minimum Gasteiger partial charge on any atom is -0.482 e. The van der Waals surface area contributed by atoms with Gasteiger partial charge in [0.05, 0.1) is 23.2 Å². The maximum atomic E-state index is 6.74. The van der Waals surface area contributed by atoms with Gasteiger partial charge in [0.1, 0.15) is 17.2 Å². The minimum absolute atomic E-state index is 0.0351. The van der Waals surface area contributed by atoms with E-state index < -0.39 is 8.80 Å². The number of benzene rings is 3. The Morgan fingerprint density at radius 1 is 0.500 bits per heavy atom. The van der Waals surface area contributed by atoms with Gasteiger partial charge in [-0.2, -0.15) is 0 Å². The molecule has 3 aromatic rings. The Labute approximate surface area is 302 Å². The lowest BCUT2D eigenvalue weighted by atomic mass is 10.3. The summed E-state index contributed by atoms with van der Waals surface area (Å²) in [5.74, 6) is 1.74. The summed E-state index contributed by atoms with van der Waals surface area (Å²) in [4.78, 5) is 0. The molecule has 0 aliphatic carbocycles. The van der Waals surface area contributed by atoms with Crippen molar-refractivity contribution < 1.29 is 13.3 Å². The smallest absolute Gasteiger partial charge is 0.482 e. The van der Waals surface area contributed by atoms with E-state index in [4.69, 9.17) is 13.3 Å². The highest BCUT2D eigenvalue weighted by Gasteiger charge is 2.50. The average Bonchev–Trinajstić information content (AvgIpc) is 2.84. The van der Waals surface area contributed by atoms with E-state index in [1.54, 1.807) is 0 Å².